The number of benzene rings is 2. The number of hydrogen-bond acceptors (Lipinski definition) is 4. The Morgan fingerprint density at radius 3 is 2.21 bits per heavy atom. The van der Waals surface area contributed by atoms with Gasteiger partial charge in [0.1, 0.15) is 0 Å². The van der Waals surface area contributed by atoms with Crippen LogP contribution in [0.3, 0.4) is 0 Å². The van der Waals surface area contributed by atoms with Crippen LogP contribution in [0.5, 0.6) is 0 Å². The Kier molecular flexibility index (Phi) is 6.51. The van der Waals surface area contributed by atoms with Crippen molar-refractivity contribution >= 4 is 39.3 Å². The molecular formula is C20H22ClN3O3S. The number of likely N-dealkylation sites (N-methyl/N-ethyl adjacent to an activating group) is 1. The van der Waals surface area contributed by atoms with Crippen LogP contribution in [0.25, 0.3) is 6.08 Å². The molecule has 1 N–H and O–H groups in total. The molecule has 1 heterocycles. The van der Waals surface area contributed by atoms with Gasteiger partial charge in [-0.05, 0) is 55.1 Å². The summed E-state index contributed by atoms with van der Waals surface area (Å²) in [5, 5.41) is 3.35. The number of halogens is 1. The lowest BCUT2D eigenvalue weighted by Crippen LogP contribution is -2.46. The molecule has 8 heteroatoms. The highest BCUT2D eigenvalue weighted by Crippen LogP contribution is 2.20. The van der Waals surface area contributed by atoms with Crippen LogP contribution in [0.15, 0.2) is 59.5 Å². The van der Waals surface area contributed by atoms with Crippen molar-refractivity contribution in [2.45, 2.75) is 4.90 Å². The average molecular weight is 420 g/mol. The second kappa shape index (κ2) is 8.87. The summed E-state index contributed by atoms with van der Waals surface area (Å²) in [5.41, 5.74) is 1.39. The molecule has 1 amide bonds. The highest BCUT2D eigenvalue weighted by molar-refractivity contribution is 7.89. The van der Waals surface area contributed by atoms with Crippen LogP contribution in [-0.2, 0) is 14.8 Å². The molecule has 0 radical (unpaired) electrons. The summed E-state index contributed by atoms with van der Waals surface area (Å²) in [6, 6.07) is 13.3. The molecule has 0 aliphatic carbocycles. The van der Waals surface area contributed by atoms with Crippen molar-refractivity contribution in [2.75, 3.05) is 38.5 Å². The van der Waals surface area contributed by atoms with E-state index in [0.717, 1.165) is 5.56 Å². The number of sulfonamides is 1. The minimum atomic E-state index is -3.51. The number of rotatable bonds is 5. The van der Waals surface area contributed by atoms with Gasteiger partial charge in [0.05, 0.1) is 4.90 Å². The number of carbonyl (C=O) groups excluding carboxylic acids is 1. The van der Waals surface area contributed by atoms with Gasteiger partial charge in [-0.1, -0.05) is 23.7 Å². The lowest BCUT2D eigenvalue weighted by atomic mass is 10.2. The Bertz CT molecular complexity index is 949. The van der Waals surface area contributed by atoms with Crippen LogP contribution in [0.2, 0.25) is 5.02 Å². The van der Waals surface area contributed by atoms with Crippen molar-refractivity contribution in [1.82, 2.24) is 9.21 Å². The predicted molar refractivity (Wildman–Crippen MR) is 112 cm³/mol. The maximum atomic E-state index is 12.7. The molecule has 0 aromatic heterocycles. The Hall–Kier alpha value is -2.19. The number of amides is 1. The predicted octanol–water partition coefficient (Wildman–Crippen LogP) is 2.93. The van der Waals surface area contributed by atoms with E-state index in [-0.39, 0.29) is 10.8 Å². The first-order valence-corrected chi connectivity index (χ1v) is 10.7. The third-order valence-corrected chi connectivity index (χ3v) is 6.68. The van der Waals surface area contributed by atoms with Crippen molar-refractivity contribution in [2.24, 2.45) is 0 Å². The summed E-state index contributed by atoms with van der Waals surface area (Å²) in [5.74, 6) is -0.301. The van der Waals surface area contributed by atoms with Gasteiger partial charge in [0.25, 0.3) is 0 Å². The molecule has 3 rings (SSSR count). The summed E-state index contributed by atoms with van der Waals surface area (Å²) in [4.78, 5) is 14.4. The maximum absolute atomic E-state index is 12.7. The normalized spacial score (nSPS) is 16.4. The minimum absolute atomic E-state index is 0.228. The van der Waals surface area contributed by atoms with Crippen molar-refractivity contribution in [3.05, 3.63) is 65.2 Å². The molecule has 0 spiro atoms. The van der Waals surface area contributed by atoms with Gasteiger partial charge < -0.3 is 10.2 Å². The average Bonchev–Trinajstić information content (AvgIpc) is 2.68. The Balaban J connectivity index is 1.62. The molecule has 1 aliphatic rings. The second-order valence-electron chi connectivity index (χ2n) is 6.61. The standard InChI is InChI=1S/C20H22ClN3O3S/c1-23-12-14-24(15-13-23)28(26,27)19-9-7-18(8-10-19)22-20(25)11-4-16-2-5-17(21)6-3-16/h2-11H,12-15H2,1H3,(H,22,25)/b11-4+. The molecule has 148 valence electrons. The van der Waals surface area contributed by atoms with E-state index in [2.05, 4.69) is 10.2 Å². The Morgan fingerprint density at radius 2 is 1.61 bits per heavy atom. The number of piperazine rings is 1. The van der Waals surface area contributed by atoms with Crippen LogP contribution in [0, 0.1) is 0 Å². The van der Waals surface area contributed by atoms with Crippen LogP contribution in [-0.4, -0.2) is 56.8 Å². The number of nitrogens with one attached hydrogen (secondary N) is 1. The van der Waals surface area contributed by atoms with Crippen molar-refractivity contribution in [3.63, 3.8) is 0 Å². The quantitative estimate of drug-likeness (QED) is 0.756. The molecule has 1 aliphatic heterocycles. The van der Waals surface area contributed by atoms with E-state index in [9.17, 15) is 13.2 Å². The number of nitrogens with zero attached hydrogens (tertiary/aromatic N) is 2. The number of carbonyl (C=O) groups is 1. The van der Waals surface area contributed by atoms with E-state index >= 15 is 0 Å². The molecule has 2 aromatic rings. The first-order chi connectivity index (χ1) is 13.3. The molecule has 6 nitrogen and oxygen atoms in total. The summed E-state index contributed by atoms with van der Waals surface area (Å²) in [6.45, 7) is 2.39. The van der Waals surface area contributed by atoms with E-state index < -0.39 is 10.0 Å². The summed E-state index contributed by atoms with van der Waals surface area (Å²) in [7, 11) is -1.54. The highest BCUT2D eigenvalue weighted by Gasteiger charge is 2.27. The second-order valence-corrected chi connectivity index (χ2v) is 8.98. The van der Waals surface area contributed by atoms with E-state index in [0.29, 0.717) is 36.9 Å². The molecule has 28 heavy (non-hydrogen) atoms. The summed E-state index contributed by atoms with van der Waals surface area (Å²) >= 11 is 5.83. The SMILES string of the molecule is CN1CCN(S(=O)(=O)c2ccc(NC(=O)/C=C/c3ccc(Cl)cc3)cc2)CC1. The molecule has 1 fully saturated rings. The highest BCUT2D eigenvalue weighted by atomic mass is 35.5. The Labute approximate surface area is 170 Å². The van der Waals surface area contributed by atoms with E-state index in [1.165, 1.54) is 22.5 Å². The third-order valence-electron chi connectivity index (χ3n) is 4.52. The van der Waals surface area contributed by atoms with E-state index in [1.54, 1.807) is 30.3 Å². The zero-order valence-electron chi connectivity index (χ0n) is 15.5. The monoisotopic (exact) mass is 419 g/mol. The molecule has 1 saturated heterocycles. The van der Waals surface area contributed by atoms with Gasteiger partial charge in [-0.3, -0.25) is 4.79 Å². The van der Waals surface area contributed by atoms with Crippen molar-refractivity contribution in [1.29, 1.82) is 0 Å². The van der Waals surface area contributed by atoms with Gasteiger partial charge in [0.2, 0.25) is 15.9 Å². The molecule has 0 unspecified atom stereocenters. The molecular weight excluding hydrogens is 398 g/mol. The van der Waals surface area contributed by atoms with E-state index in [4.69, 9.17) is 11.6 Å². The minimum Gasteiger partial charge on any atom is -0.323 e. The van der Waals surface area contributed by atoms with Crippen LogP contribution in [0.4, 0.5) is 5.69 Å². The fourth-order valence-electron chi connectivity index (χ4n) is 2.82. The lowest BCUT2D eigenvalue weighted by molar-refractivity contribution is -0.111. The number of hydrogen-bond donors (Lipinski definition) is 1. The third kappa shape index (κ3) is 5.20. The fraction of sp³-hybridized carbons (Fsp3) is 0.250. The van der Waals surface area contributed by atoms with Gasteiger partial charge in [-0.15, -0.1) is 0 Å². The van der Waals surface area contributed by atoms with Crippen molar-refractivity contribution < 1.29 is 13.2 Å². The molecule has 0 saturated carbocycles. The van der Waals surface area contributed by atoms with Crippen LogP contribution < -0.4 is 5.32 Å². The van der Waals surface area contributed by atoms with Gasteiger partial charge in [0.15, 0.2) is 0 Å². The first-order valence-electron chi connectivity index (χ1n) is 8.88. The molecule has 0 atom stereocenters. The molecule has 2 aromatic carbocycles. The van der Waals surface area contributed by atoms with Gasteiger partial charge in [-0.2, -0.15) is 4.31 Å². The van der Waals surface area contributed by atoms with Gasteiger partial charge >= 0.3 is 0 Å². The van der Waals surface area contributed by atoms with Crippen LogP contribution >= 0.6 is 11.6 Å². The van der Waals surface area contributed by atoms with Gasteiger partial charge in [0, 0.05) is 43.0 Å². The summed E-state index contributed by atoms with van der Waals surface area (Å²) < 4.78 is 26.9. The fourth-order valence-corrected chi connectivity index (χ4v) is 4.37. The molecule has 0 bridgehead atoms. The smallest absolute Gasteiger partial charge is 0.248 e. The maximum Gasteiger partial charge on any atom is 0.248 e. The van der Waals surface area contributed by atoms with Gasteiger partial charge in [-0.25, -0.2) is 8.42 Å². The largest absolute Gasteiger partial charge is 0.323 e. The zero-order valence-corrected chi connectivity index (χ0v) is 17.1. The lowest BCUT2D eigenvalue weighted by Gasteiger charge is -2.31. The summed E-state index contributed by atoms with van der Waals surface area (Å²) in [6.07, 6.45) is 3.09. The zero-order chi connectivity index (χ0) is 20.1. The van der Waals surface area contributed by atoms with E-state index in [1.807, 2.05) is 19.2 Å². The number of anilines is 1. The van der Waals surface area contributed by atoms with Crippen LogP contribution in [0.1, 0.15) is 5.56 Å². The first kappa shape index (κ1) is 20.5. The topological polar surface area (TPSA) is 69.7 Å². The Morgan fingerprint density at radius 1 is 1.00 bits per heavy atom. The van der Waals surface area contributed by atoms with Crippen molar-refractivity contribution in [3.8, 4) is 0 Å².